The minimum atomic E-state index is 0. The average molecular weight is 248 g/mol. The maximum atomic E-state index is 6.18. The zero-order valence-electron chi connectivity index (χ0n) is 8.63. The molecule has 4 heteroatoms. The van der Waals surface area contributed by atoms with Crippen molar-refractivity contribution in [2.24, 2.45) is 0 Å². The van der Waals surface area contributed by atoms with E-state index in [0.29, 0.717) is 5.92 Å². The predicted octanol–water partition coefficient (Wildman–Crippen LogP) is 2.85. The van der Waals surface area contributed by atoms with Gasteiger partial charge in [-0.15, -0.1) is 12.4 Å². The number of methoxy groups -OCH3 is 1. The Balaban J connectivity index is 0.00000112. The van der Waals surface area contributed by atoms with Crippen molar-refractivity contribution < 1.29 is 4.74 Å². The van der Waals surface area contributed by atoms with E-state index < -0.39 is 0 Å². The Morgan fingerprint density at radius 2 is 2.27 bits per heavy atom. The molecule has 0 aromatic heterocycles. The minimum absolute atomic E-state index is 0. The molecular weight excluding hydrogens is 233 g/mol. The van der Waals surface area contributed by atoms with Gasteiger partial charge in [-0.2, -0.15) is 0 Å². The van der Waals surface area contributed by atoms with Gasteiger partial charge in [0.1, 0.15) is 5.75 Å². The highest BCUT2D eigenvalue weighted by Gasteiger charge is 2.18. The highest BCUT2D eigenvalue weighted by molar-refractivity contribution is 6.31. The van der Waals surface area contributed by atoms with Gasteiger partial charge in [0.15, 0.2) is 0 Å². The van der Waals surface area contributed by atoms with Gasteiger partial charge in [-0.3, -0.25) is 0 Å². The van der Waals surface area contributed by atoms with Crippen LogP contribution in [0.15, 0.2) is 18.2 Å². The fourth-order valence-electron chi connectivity index (χ4n) is 1.89. The molecule has 1 unspecified atom stereocenters. The molecule has 0 radical (unpaired) electrons. The Morgan fingerprint density at radius 3 is 2.80 bits per heavy atom. The number of nitrogens with one attached hydrogen (secondary N) is 1. The Hall–Kier alpha value is -0.440. The van der Waals surface area contributed by atoms with Crippen LogP contribution in [0.3, 0.4) is 0 Å². The summed E-state index contributed by atoms with van der Waals surface area (Å²) in [6.45, 7) is 2.12. The van der Waals surface area contributed by atoms with Crippen LogP contribution in [0.2, 0.25) is 5.02 Å². The van der Waals surface area contributed by atoms with E-state index in [4.69, 9.17) is 16.3 Å². The van der Waals surface area contributed by atoms with Crippen molar-refractivity contribution in [1.29, 1.82) is 0 Å². The third-order valence-corrected chi connectivity index (χ3v) is 3.04. The van der Waals surface area contributed by atoms with Crippen LogP contribution >= 0.6 is 24.0 Å². The molecule has 1 aromatic carbocycles. The molecule has 0 aliphatic carbocycles. The zero-order valence-corrected chi connectivity index (χ0v) is 10.2. The molecule has 1 atom stereocenters. The Bertz CT molecular complexity index is 324. The Kier molecular flexibility index (Phi) is 4.71. The molecule has 0 amide bonds. The molecule has 1 heterocycles. The van der Waals surface area contributed by atoms with Crippen LogP contribution in [0.25, 0.3) is 0 Å². The summed E-state index contributed by atoms with van der Waals surface area (Å²) in [4.78, 5) is 0. The van der Waals surface area contributed by atoms with Gasteiger partial charge in [-0.05, 0) is 36.6 Å². The first-order chi connectivity index (χ1) is 6.81. The Morgan fingerprint density at radius 1 is 1.47 bits per heavy atom. The third kappa shape index (κ3) is 2.77. The van der Waals surface area contributed by atoms with Crippen molar-refractivity contribution in [2.45, 2.75) is 12.3 Å². The first-order valence-electron chi connectivity index (χ1n) is 4.85. The summed E-state index contributed by atoms with van der Waals surface area (Å²) in [5.41, 5.74) is 1.23. The number of benzene rings is 1. The lowest BCUT2D eigenvalue weighted by Crippen LogP contribution is -2.08. The molecule has 84 valence electrons. The van der Waals surface area contributed by atoms with Crippen molar-refractivity contribution in [2.75, 3.05) is 20.2 Å². The largest absolute Gasteiger partial charge is 0.497 e. The van der Waals surface area contributed by atoms with Crippen LogP contribution in [-0.2, 0) is 0 Å². The van der Waals surface area contributed by atoms with Crippen LogP contribution in [0.4, 0.5) is 0 Å². The van der Waals surface area contributed by atoms with Crippen LogP contribution in [-0.4, -0.2) is 20.2 Å². The molecule has 1 N–H and O–H groups in total. The SMILES string of the molecule is COc1ccc(C2CCNC2)c(Cl)c1.Cl. The van der Waals surface area contributed by atoms with Gasteiger partial charge >= 0.3 is 0 Å². The summed E-state index contributed by atoms with van der Waals surface area (Å²) in [6.07, 6.45) is 1.17. The molecular formula is C11H15Cl2NO. The Labute approximate surface area is 101 Å². The summed E-state index contributed by atoms with van der Waals surface area (Å²) in [5.74, 6) is 1.39. The topological polar surface area (TPSA) is 21.3 Å². The lowest BCUT2D eigenvalue weighted by Gasteiger charge is -2.11. The summed E-state index contributed by atoms with van der Waals surface area (Å²) in [6, 6.07) is 5.92. The molecule has 1 saturated heterocycles. The first-order valence-corrected chi connectivity index (χ1v) is 5.23. The fraction of sp³-hybridized carbons (Fsp3) is 0.455. The second-order valence-corrected chi connectivity index (χ2v) is 3.98. The highest BCUT2D eigenvalue weighted by atomic mass is 35.5. The molecule has 0 spiro atoms. The van der Waals surface area contributed by atoms with Gasteiger partial charge in [0.2, 0.25) is 0 Å². The standard InChI is InChI=1S/C11H14ClNO.ClH/c1-14-9-2-3-10(11(12)6-9)8-4-5-13-7-8;/h2-3,6,8,13H,4-5,7H2,1H3;1H. The normalized spacial score (nSPS) is 19.7. The highest BCUT2D eigenvalue weighted by Crippen LogP contribution is 2.31. The molecule has 0 bridgehead atoms. The van der Waals surface area contributed by atoms with E-state index in [1.165, 1.54) is 12.0 Å². The van der Waals surface area contributed by atoms with Gasteiger partial charge < -0.3 is 10.1 Å². The van der Waals surface area contributed by atoms with E-state index in [1.54, 1.807) is 7.11 Å². The first kappa shape index (κ1) is 12.6. The van der Waals surface area contributed by atoms with Crippen molar-refractivity contribution in [3.05, 3.63) is 28.8 Å². The average Bonchev–Trinajstić information content (AvgIpc) is 2.70. The van der Waals surface area contributed by atoms with E-state index in [9.17, 15) is 0 Å². The molecule has 2 rings (SSSR count). The van der Waals surface area contributed by atoms with E-state index in [-0.39, 0.29) is 12.4 Å². The van der Waals surface area contributed by atoms with Crippen molar-refractivity contribution >= 4 is 24.0 Å². The van der Waals surface area contributed by atoms with Crippen molar-refractivity contribution in [3.63, 3.8) is 0 Å². The van der Waals surface area contributed by atoms with Crippen LogP contribution in [0.5, 0.6) is 5.75 Å². The van der Waals surface area contributed by atoms with Crippen LogP contribution in [0, 0.1) is 0 Å². The lowest BCUT2D eigenvalue weighted by atomic mass is 9.98. The quantitative estimate of drug-likeness (QED) is 0.868. The van der Waals surface area contributed by atoms with Crippen LogP contribution in [0.1, 0.15) is 17.9 Å². The second-order valence-electron chi connectivity index (χ2n) is 3.58. The molecule has 1 aliphatic heterocycles. The number of hydrogen-bond acceptors (Lipinski definition) is 2. The van der Waals surface area contributed by atoms with E-state index in [1.807, 2.05) is 12.1 Å². The number of halogens is 2. The van der Waals surface area contributed by atoms with Crippen molar-refractivity contribution in [3.8, 4) is 5.75 Å². The summed E-state index contributed by atoms with van der Waals surface area (Å²) in [7, 11) is 1.66. The fourth-order valence-corrected chi connectivity index (χ4v) is 2.21. The lowest BCUT2D eigenvalue weighted by molar-refractivity contribution is 0.414. The summed E-state index contributed by atoms with van der Waals surface area (Å²) >= 11 is 6.18. The molecule has 15 heavy (non-hydrogen) atoms. The van der Waals surface area contributed by atoms with Gasteiger partial charge in [-0.25, -0.2) is 0 Å². The summed E-state index contributed by atoms with van der Waals surface area (Å²) < 4.78 is 5.11. The van der Waals surface area contributed by atoms with E-state index >= 15 is 0 Å². The maximum Gasteiger partial charge on any atom is 0.120 e. The number of ether oxygens (including phenoxy) is 1. The predicted molar refractivity (Wildman–Crippen MR) is 65.5 cm³/mol. The van der Waals surface area contributed by atoms with E-state index in [0.717, 1.165) is 23.9 Å². The summed E-state index contributed by atoms with van der Waals surface area (Å²) in [5, 5.41) is 4.15. The number of rotatable bonds is 2. The van der Waals surface area contributed by atoms with Gasteiger partial charge in [0.25, 0.3) is 0 Å². The third-order valence-electron chi connectivity index (χ3n) is 2.71. The molecule has 0 saturated carbocycles. The number of hydrogen-bond donors (Lipinski definition) is 1. The molecule has 1 aliphatic rings. The van der Waals surface area contributed by atoms with Gasteiger partial charge in [-0.1, -0.05) is 17.7 Å². The zero-order chi connectivity index (χ0) is 9.97. The van der Waals surface area contributed by atoms with Crippen molar-refractivity contribution in [1.82, 2.24) is 5.32 Å². The van der Waals surface area contributed by atoms with Crippen LogP contribution < -0.4 is 10.1 Å². The van der Waals surface area contributed by atoms with Gasteiger partial charge in [0.05, 0.1) is 7.11 Å². The minimum Gasteiger partial charge on any atom is -0.497 e. The van der Waals surface area contributed by atoms with Gasteiger partial charge in [0, 0.05) is 11.6 Å². The second kappa shape index (κ2) is 5.59. The monoisotopic (exact) mass is 247 g/mol. The molecule has 2 nitrogen and oxygen atoms in total. The maximum absolute atomic E-state index is 6.18. The smallest absolute Gasteiger partial charge is 0.120 e. The van der Waals surface area contributed by atoms with E-state index in [2.05, 4.69) is 11.4 Å². The molecule has 1 fully saturated rings. The molecule has 1 aromatic rings.